The molecule has 110 valence electrons. The summed E-state index contributed by atoms with van der Waals surface area (Å²) < 4.78 is 7.30. The third-order valence-electron chi connectivity index (χ3n) is 3.67. The van der Waals surface area contributed by atoms with Gasteiger partial charge in [0.2, 0.25) is 0 Å². The van der Waals surface area contributed by atoms with E-state index >= 15 is 0 Å². The Morgan fingerprint density at radius 3 is 3.05 bits per heavy atom. The van der Waals surface area contributed by atoms with Crippen LogP contribution in [0, 0.1) is 0 Å². The third kappa shape index (κ3) is 3.11. The van der Waals surface area contributed by atoms with Crippen molar-refractivity contribution in [1.29, 1.82) is 0 Å². The summed E-state index contributed by atoms with van der Waals surface area (Å²) in [5, 5.41) is 7.01. The van der Waals surface area contributed by atoms with Crippen molar-refractivity contribution in [3.8, 4) is 5.82 Å². The van der Waals surface area contributed by atoms with Crippen molar-refractivity contribution < 1.29 is 9.53 Å². The number of pyridine rings is 1. The van der Waals surface area contributed by atoms with Crippen LogP contribution in [0.5, 0.6) is 0 Å². The molecule has 0 saturated carbocycles. The lowest BCUT2D eigenvalue weighted by atomic mass is 10.0. The Hall–Kier alpha value is -2.21. The molecule has 1 amide bonds. The van der Waals surface area contributed by atoms with E-state index in [1.807, 2.05) is 13.0 Å². The quantitative estimate of drug-likeness (QED) is 0.926. The monoisotopic (exact) mass is 286 g/mol. The molecule has 0 aliphatic carbocycles. The second-order valence-corrected chi connectivity index (χ2v) is 5.44. The van der Waals surface area contributed by atoms with Gasteiger partial charge in [0.15, 0.2) is 5.82 Å². The van der Waals surface area contributed by atoms with Crippen LogP contribution in [0.2, 0.25) is 0 Å². The highest BCUT2D eigenvalue weighted by Gasteiger charge is 2.30. The summed E-state index contributed by atoms with van der Waals surface area (Å²) in [5.74, 6) is 0.550. The van der Waals surface area contributed by atoms with Gasteiger partial charge in [-0.3, -0.25) is 4.79 Å². The number of amides is 1. The fraction of sp³-hybridized carbons (Fsp3) is 0.400. The third-order valence-corrected chi connectivity index (χ3v) is 3.67. The van der Waals surface area contributed by atoms with E-state index in [2.05, 4.69) is 15.4 Å². The Kier molecular flexibility index (Phi) is 3.70. The standard InChI is InChI=1S/C15H18N4O2/c1-15(6-2-9-21-15)11-17-14(20)12-4-5-13(16-10-12)19-8-3-7-18-19/h3-5,7-8,10H,2,6,9,11H2,1H3,(H,17,20)/t15-/m0/s1. The van der Waals surface area contributed by atoms with Crippen molar-refractivity contribution >= 4 is 5.91 Å². The van der Waals surface area contributed by atoms with E-state index in [0.717, 1.165) is 19.4 Å². The van der Waals surface area contributed by atoms with Gasteiger partial charge in [-0.1, -0.05) is 0 Å². The molecule has 1 N–H and O–H groups in total. The maximum atomic E-state index is 12.1. The van der Waals surface area contributed by atoms with E-state index < -0.39 is 0 Å². The Bertz CT molecular complexity index is 601. The largest absolute Gasteiger partial charge is 0.373 e. The Balaban J connectivity index is 1.62. The zero-order valence-corrected chi connectivity index (χ0v) is 12.0. The van der Waals surface area contributed by atoms with Gasteiger partial charge < -0.3 is 10.1 Å². The molecule has 3 rings (SSSR count). The highest BCUT2D eigenvalue weighted by molar-refractivity contribution is 5.93. The molecule has 1 aliphatic heterocycles. The molecule has 3 heterocycles. The summed E-state index contributed by atoms with van der Waals surface area (Å²) in [6.45, 7) is 3.32. The molecule has 1 aliphatic rings. The SMILES string of the molecule is C[C@@]1(CNC(=O)c2ccc(-n3cccn3)nc2)CCCO1. The number of hydrogen-bond acceptors (Lipinski definition) is 4. The zero-order valence-electron chi connectivity index (χ0n) is 12.0. The highest BCUT2D eigenvalue weighted by atomic mass is 16.5. The van der Waals surface area contributed by atoms with Gasteiger partial charge >= 0.3 is 0 Å². The van der Waals surface area contributed by atoms with Gasteiger partial charge in [-0.05, 0) is 38.0 Å². The summed E-state index contributed by atoms with van der Waals surface area (Å²) in [7, 11) is 0. The first-order valence-corrected chi connectivity index (χ1v) is 7.05. The smallest absolute Gasteiger partial charge is 0.252 e. The molecule has 6 nitrogen and oxygen atoms in total. The highest BCUT2D eigenvalue weighted by Crippen LogP contribution is 2.23. The van der Waals surface area contributed by atoms with Crippen LogP contribution in [0.15, 0.2) is 36.8 Å². The van der Waals surface area contributed by atoms with Gasteiger partial charge in [0, 0.05) is 31.7 Å². The summed E-state index contributed by atoms with van der Waals surface area (Å²) in [4.78, 5) is 16.4. The molecule has 0 spiro atoms. The van der Waals surface area contributed by atoms with Gasteiger partial charge in [0.1, 0.15) is 0 Å². The molecule has 21 heavy (non-hydrogen) atoms. The van der Waals surface area contributed by atoms with Gasteiger partial charge in [-0.15, -0.1) is 0 Å². The van der Waals surface area contributed by atoms with Crippen molar-refractivity contribution in [3.63, 3.8) is 0 Å². The lowest BCUT2D eigenvalue weighted by molar-refractivity contribution is 0.0206. The molecule has 0 unspecified atom stereocenters. The average molecular weight is 286 g/mol. The molecule has 0 aromatic carbocycles. The van der Waals surface area contributed by atoms with Crippen molar-refractivity contribution in [2.24, 2.45) is 0 Å². The molecule has 1 atom stereocenters. The first kappa shape index (κ1) is 13.8. The van der Waals surface area contributed by atoms with E-state index in [0.29, 0.717) is 17.9 Å². The van der Waals surface area contributed by atoms with Gasteiger partial charge in [-0.2, -0.15) is 5.10 Å². The van der Waals surface area contributed by atoms with E-state index in [-0.39, 0.29) is 11.5 Å². The van der Waals surface area contributed by atoms with E-state index in [9.17, 15) is 4.79 Å². The maximum absolute atomic E-state index is 12.1. The van der Waals surface area contributed by atoms with Crippen LogP contribution < -0.4 is 5.32 Å². The maximum Gasteiger partial charge on any atom is 0.252 e. The van der Waals surface area contributed by atoms with Crippen molar-refractivity contribution in [2.75, 3.05) is 13.2 Å². The van der Waals surface area contributed by atoms with Crippen LogP contribution in [0.4, 0.5) is 0 Å². The van der Waals surface area contributed by atoms with Crippen molar-refractivity contribution in [2.45, 2.75) is 25.4 Å². The van der Waals surface area contributed by atoms with Crippen LogP contribution in [0.3, 0.4) is 0 Å². The van der Waals surface area contributed by atoms with E-state index in [4.69, 9.17) is 4.74 Å². The molecule has 0 bridgehead atoms. The van der Waals surface area contributed by atoms with E-state index in [1.54, 1.807) is 35.4 Å². The minimum atomic E-state index is -0.238. The summed E-state index contributed by atoms with van der Waals surface area (Å²) in [5.41, 5.74) is 0.297. The second-order valence-electron chi connectivity index (χ2n) is 5.44. The lowest BCUT2D eigenvalue weighted by Crippen LogP contribution is -2.40. The number of hydrogen-bond donors (Lipinski definition) is 1. The van der Waals surface area contributed by atoms with Gasteiger partial charge in [0.05, 0.1) is 11.2 Å². The number of aromatic nitrogens is 3. The zero-order chi connectivity index (χ0) is 14.7. The molecule has 2 aromatic heterocycles. The molecular weight excluding hydrogens is 268 g/mol. The summed E-state index contributed by atoms with van der Waals surface area (Å²) in [6.07, 6.45) is 7.07. The minimum Gasteiger partial charge on any atom is -0.373 e. The predicted octanol–water partition coefficient (Wildman–Crippen LogP) is 1.57. The first-order valence-electron chi connectivity index (χ1n) is 7.05. The topological polar surface area (TPSA) is 69.0 Å². The predicted molar refractivity (Wildman–Crippen MR) is 77.3 cm³/mol. The Morgan fingerprint density at radius 2 is 2.43 bits per heavy atom. The number of carbonyl (C=O) groups is 1. The summed E-state index contributed by atoms with van der Waals surface area (Å²) in [6, 6.07) is 5.34. The van der Waals surface area contributed by atoms with E-state index in [1.165, 1.54) is 0 Å². The molecule has 1 saturated heterocycles. The number of carbonyl (C=O) groups excluding carboxylic acids is 1. The first-order chi connectivity index (χ1) is 10.2. The molecule has 0 radical (unpaired) electrons. The molecular formula is C15H18N4O2. The Morgan fingerprint density at radius 1 is 1.52 bits per heavy atom. The number of ether oxygens (including phenoxy) is 1. The average Bonchev–Trinajstić information content (AvgIpc) is 3.17. The van der Waals surface area contributed by atoms with Crippen LogP contribution in [0.25, 0.3) is 5.82 Å². The number of nitrogens with zero attached hydrogens (tertiary/aromatic N) is 3. The lowest BCUT2D eigenvalue weighted by Gasteiger charge is -2.23. The summed E-state index contributed by atoms with van der Waals surface area (Å²) >= 11 is 0. The normalized spacial score (nSPS) is 21.4. The molecule has 1 fully saturated rings. The minimum absolute atomic E-state index is 0.133. The number of nitrogens with one attached hydrogen (secondary N) is 1. The van der Waals surface area contributed by atoms with Crippen LogP contribution in [0.1, 0.15) is 30.1 Å². The fourth-order valence-electron chi connectivity index (χ4n) is 2.41. The van der Waals surface area contributed by atoms with Gasteiger partial charge in [-0.25, -0.2) is 9.67 Å². The van der Waals surface area contributed by atoms with Crippen LogP contribution >= 0.6 is 0 Å². The van der Waals surface area contributed by atoms with Crippen molar-refractivity contribution in [1.82, 2.24) is 20.1 Å². The van der Waals surface area contributed by atoms with Crippen LogP contribution in [-0.2, 0) is 4.74 Å². The van der Waals surface area contributed by atoms with Crippen molar-refractivity contribution in [3.05, 3.63) is 42.4 Å². The fourth-order valence-corrected chi connectivity index (χ4v) is 2.41. The molecule has 6 heteroatoms. The number of rotatable bonds is 4. The van der Waals surface area contributed by atoms with Crippen LogP contribution in [-0.4, -0.2) is 39.4 Å². The Labute approximate surface area is 123 Å². The molecule has 2 aromatic rings. The second kappa shape index (κ2) is 5.65. The van der Waals surface area contributed by atoms with Gasteiger partial charge in [0.25, 0.3) is 5.91 Å².